The van der Waals surface area contributed by atoms with Crippen molar-refractivity contribution in [1.82, 2.24) is 19.9 Å². The van der Waals surface area contributed by atoms with Crippen molar-refractivity contribution in [2.75, 3.05) is 32.7 Å². The van der Waals surface area contributed by atoms with E-state index in [9.17, 15) is 4.79 Å². The fourth-order valence-corrected chi connectivity index (χ4v) is 3.83. The highest BCUT2D eigenvalue weighted by atomic mass is 16.5. The Morgan fingerprint density at radius 2 is 2.05 bits per heavy atom. The van der Waals surface area contributed by atoms with Crippen LogP contribution in [0, 0.1) is 5.92 Å². The van der Waals surface area contributed by atoms with Crippen LogP contribution in [-0.4, -0.2) is 58.4 Å². The molecule has 1 aromatic rings. The van der Waals surface area contributed by atoms with Crippen molar-refractivity contribution < 1.29 is 9.32 Å². The first-order valence-corrected chi connectivity index (χ1v) is 8.11. The lowest BCUT2D eigenvalue weighted by molar-refractivity contribution is -0.124. The molecule has 6 heteroatoms. The third kappa shape index (κ3) is 2.62. The zero-order valence-electron chi connectivity index (χ0n) is 12.3. The molecule has 2 atom stereocenters. The van der Waals surface area contributed by atoms with Gasteiger partial charge in [0, 0.05) is 51.5 Å². The lowest BCUT2D eigenvalue weighted by atomic mass is 9.86. The van der Waals surface area contributed by atoms with Gasteiger partial charge in [-0.05, 0) is 12.8 Å². The van der Waals surface area contributed by atoms with E-state index in [2.05, 4.69) is 19.9 Å². The van der Waals surface area contributed by atoms with Gasteiger partial charge in [0.15, 0.2) is 5.82 Å². The van der Waals surface area contributed by atoms with Crippen LogP contribution in [0.15, 0.2) is 4.52 Å². The molecule has 4 fully saturated rings. The van der Waals surface area contributed by atoms with Crippen molar-refractivity contribution in [2.45, 2.75) is 38.1 Å². The lowest BCUT2D eigenvalue weighted by Gasteiger charge is -2.46. The van der Waals surface area contributed by atoms with E-state index < -0.39 is 0 Å². The minimum atomic E-state index is 0.0962. The van der Waals surface area contributed by atoms with Crippen LogP contribution in [0.3, 0.4) is 0 Å². The zero-order valence-corrected chi connectivity index (χ0v) is 12.3. The molecule has 4 aliphatic rings. The van der Waals surface area contributed by atoms with E-state index in [1.807, 2.05) is 0 Å². The Hall–Kier alpha value is -1.27. The van der Waals surface area contributed by atoms with Gasteiger partial charge in [0.25, 0.3) is 0 Å². The molecule has 0 amide bonds. The van der Waals surface area contributed by atoms with Gasteiger partial charge in [0.2, 0.25) is 5.89 Å². The minimum Gasteiger partial charge on any atom is -0.339 e. The molecular formula is C15H22N4O2. The summed E-state index contributed by atoms with van der Waals surface area (Å²) in [6.45, 7) is 5.49. The molecule has 2 unspecified atom stereocenters. The van der Waals surface area contributed by atoms with Crippen LogP contribution in [0.1, 0.15) is 43.4 Å². The summed E-state index contributed by atoms with van der Waals surface area (Å²) < 4.78 is 5.42. The summed E-state index contributed by atoms with van der Waals surface area (Å²) >= 11 is 0. The second-order valence-corrected chi connectivity index (χ2v) is 6.51. The predicted molar refractivity (Wildman–Crippen MR) is 75.7 cm³/mol. The molecule has 0 N–H and O–H groups in total. The second-order valence-electron chi connectivity index (χ2n) is 6.51. The van der Waals surface area contributed by atoms with Crippen LogP contribution in [0.4, 0.5) is 0 Å². The van der Waals surface area contributed by atoms with E-state index in [0.29, 0.717) is 18.1 Å². The first-order chi connectivity index (χ1) is 10.3. The topological polar surface area (TPSA) is 62.5 Å². The molecule has 1 saturated carbocycles. The Bertz CT molecular complexity index is 521. The third-order valence-electron chi connectivity index (χ3n) is 5.16. The van der Waals surface area contributed by atoms with E-state index in [-0.39, 0.29) is 12.0 Å². The molecule has 114 valence electrons. The number of hydrogen-bond acceptors (Lipinski definition) is 6. The van der Waals surface area contributed by atoms with Crippen molar-refractivity contribution in [3.05, 3.63) is 11.7 Å². The molecule has 4 heterocycles. The van der Waals surface area contributed by atoms with Gasteiger partial charge < -0.3 is 4.52 Å². The second kappa shape index (κ2) is 5.50. The van der Waals surface area contributed by atoms with Crippen molar-refractivity contribution in [3.63, 3.8) is 0 Å². The maximum absolute atomic E-state index is 11.9. The van der Waals surface area contributed by atoms with Crippen LogP contribution in [-0.2, 0) is 11.2 Å². The van der Waals surface area contributed by atoms with Gasteiger partial charge in [-0.25, -0.2) is 0 Å². The molecule has 6 nitrogen and oxygen atoms in total. The fourth-order valence-electron chi connectivity index (χ4n) is 3.83. The molecule has 3 saturated heterocycles. The van der Waals surface area contributed by atoms with Gasteiger partial charge in [-0.15, -0.1) is 0 Å². The summed E-state index contributed by atoms with van der Waals surface area (Å²) in [6.07, 6.45) is 4.50. The van der Waals surface area contributed by atoms with Gasteiger partial charge in [0.05, 0.1) is 6.04 Å². The molecule has 5 rings (SSSR count). The van der Waals surface area contributed by atoms with Crippen LogP contribution in [0.25, 0.3) is 0 Å². The zero-order chi connectivity index (χ0) is 14.2. The first-order valence-electron chi connectivity index (χ1n) is 8.11. The third-order valence-corrected chi connectivity index (χ3v) is 5.16. The molecule has 1 aromatic heterocycles. The summed E-state index contributed by atoms with van der Waals surface area (Å²) in [5.74, 6) is 1.91. The average Bonchev–Trinajstić information content (AvgIpc) is 2.99. The standard InChI is InChI=1S/C15H22N4O2/c20-13-4-2-1-3-11(13)9-14-16-15(17-21-14)12-10-18-5-7-19(12)8-6-18/h11-12H,1-10H2. The Morgan fingerprint density at radius 1 is 1.19 bits per heavy atom. The Kier molecular flexibility index (Phi) is 3.51. The minimum absolute atomic E-state index is 0.0962. The van der Waals surface area contributed by atoms with Crippen LogP contribution in [0.2, 0.25) is 0 Å². The number of ketones is 1. The first kappa shape index (κ1) is 13.4. The molecule has 21 heavy (non-hydrogen) atoms. The molecule has 2 bridgehead atoms. The maximum Gasteiger partial charge on any atom is 0.227 e. The summed E-state index contributed by atoms with van der Waals surface area (Å²) in [6, 6.07) is 0.270. The lowest BCUT2D eigenvalue weighted by Crippen LogP contribution is -2.57. The molecule has 3 aliphatic heterocycles. The Labute approximate surface area is 124 Å². The summed E-state index contributed by atoms with van der Waals surface area (Å²) in [5.41, 5.74) is 0. The van der Waals surface area contributed by atoms with E-state index in [1.54, 1.807) is 0 Å². The van der Waals surface area contributed by atoms with Gasteiger partial charge in [-0.1, -0.05) is 11.6 Å². The number of carbonyl (C=O) groups is 1. The number of piperazine rings is 3. The van der Waals surface area contributed by atoms with E-state index in [1.165, 1.54) is 0 Å². The maximum atomic E-state index is 11.9. The van der Waals surface area contributed by atoms with Gasteiger partial charge >= 0.3 is 0 Å². The van der Waals surface area contributed by atoms with Crippen molar-refractivity contribution in [3.8, 4) is 0 Å². The highest BCUT2D eigenvalue weighted by Gasteiger charge is 2.36. The number of nitrogens with zero attached hydrogens (tertiary/aromatic N) is 4. The fraction of sp³-hybridized carbons (Fsp3) is 0.800. The summed E-state index contributed by atoms with van der Waals surface area (Å²) in [4.78, 5) is 21.4. The van der Waals surface area contributed by atoms with Gasteiger partial charge in [-0.2, -0.15) is 4.98 Å². The van der Waals surface area contributed by atoms with Crippen LogP contribution in [0.5, 0.6) is 0 Å². The number of carbonyl (C=O) groups excluding carboxylic acids is 1. The average molecular weight is 290 g/mol. The predicted octanol–water partition coefficient (Wildman–Crippen LogP) is 1.04. The highest BCUT2D eigenvalue weighted by molar-refractivity contribution is 5.81. The SMILES string of the molecule is O=C1CCCCC1Cc1nc(C2CN3CCN2CC3)no1. The van der Waals surface area contributed by atoms with Crippen LogP contribution < -0.4 is 0 Å². The number of rotatable bonds is 3. The number of aromatic nitrogens is 2. The summed E-state index contributed by atoms with van der Waals surface area (Å²) in [5, 5.41) is 4.18. The van der Waals surface area contributed by atoms with Crippen molar-refractivity contribution in [2.24, 2.45) is 5.92 Å². The molecule has 0 aromatic carbocycles. The number of fused-ring (bicyclic) bond motifs is 3. The largest absolute Gasteiger partial charge is 0.339 e. The van der Waals surface area contributed by atoms with Crippen LogP contribution >= 0.6 is 0 Å². The highest BCUT2D eigenvalue weighted by Crippen LogP contribution is 2.28. The quantitative estimate of drug-likeness (QED) is 0.829. The summed E-state index contributed by atoms with van der Waals surface area (Å²) in [7, 11) is 0. The van der Waals surface area contributed by atoms with E-state index in [4.69, 9.17) is 4.52 Å². The molecular weight excluding hydrogens is 268 g/mol. The van der Waals surface area contributed by atoms with E-state index in [0.717, 1.165) is 64.2 Å². The molecule has 0 radical (unpaired) electrons. The molecule has 0 spiro atoms. The van der Waals surface area contributed by atoms with Gasteiger partial charge in [-0.3, -0.25) is 14.6 Å². The number of hydrogen-bond donors (Lipinski definition) is 0. The van der Waals surface area contributed by atoms with E-state index >= 15 is 0 Å². The smallest absolute Gasteiger partial charge is 0.227 e. The van der Waals surface area contributed by atoms with Gasteiger partial charge in [0.1, 0.15) is 5.78 Å². The monoisotopic (exact) mass is 290 g/mol. The number of Topliss-reactive ketones (excluding diaryl/α,β-unsaturated/α-hetero) is 1. The molecule has 1 aliphatic carbocycles. The Morgan fingerprint density at radius 3 is 2.76 bits per heavy atom. The Balaban J connectivity index is 1.44. The van der Waals surface area contributed by atoms with Crippen molar-refractivity contribution >= 4 is 5.78 Å². The van der Waals surface area contributed by atoms with Crippen molar-refractivity contribution in [1.29, 1.82) is 0 Å². The normalized spacial score (nSPS) is 36.1.